The van der Waals surface area contributed by atoms with Crippen molar-refractivity contribution in [1.29, 1.82) is 0 Å². The minimum absolute atomic E-state index is 0.120. The van der Waals surface area contributed by atoms with Crippen LogP contribution in [0, 0.1) is 0 Å². The summed E-state index contributed by atoms with van der Waals surface area (Å²) in [5.41, 5.74) is 2.04. The van der Waals surface area contributed by atoms with E-state index in [0.717, 1.165) is 24.2 Å². The van der Waals surface area contributed by atoms with E-state index < -0.39 is 0 Å². The number of aromatic nitrogens is 1. The third kappa shape index (κ3) is 2.88. The molecule has 0 saturated heterocycles. The summed E-state index contributed by atoms with van der Waals surface area (Å²) in [6, 6.07) is 9.09. The Morgan fingerprint density at radius 3 is 2.75 bits per heavy atom. The van der Waals surface area contributed by atoms with E-state index in [4.69, 9.17) is 9.63 Å². The zero-order chi connectivity index (χ0) is 13.9. The maximum Gasteiger partial charge on any atom is 0.277 e. The molecule has 2 aromatic rings. The van der Waals surface area contributed by atoms with Gasteiger partial charge in [0.25, 0.3) is 5.91 Å². The molecule has 0 bridgehead atoms. The summed E-state index contributed by atoms with van der Waals surface area (Å²) in [6.45, 7) is 0.120. The number of benzene rings is 1. The van der Waals surface area contributed by atoms with Gasteiger partial charge < -0.3 is 14.9 Å². The van der Waals surface area contributed by atoms with Crippen LogP contribution in [0.5, 0.6) is 0 Å². The normalized spacial score (nSPS) is 14.2. The predicted molar refractivity (Wildman–Crippen MR) is 73.7 cm³/mol. The Hall–Kier alpha value is -2.14. The Morgan fingerprint density at radius 2 is 2.10 bits per heavy atom. The van der Waals surface area contributed by atoms with Crippen LogP contribution in [0.2, 0.25) is 0 Å². The number of nitrogens with zero attached hydrogens (tertiary/aromatic N) is 1. The third-order valence-electron chi connectivity index (χ3n) is 3.35. The molecule has 1 heterocycles. The third-order valence-corrected chi connectivity index (χ3v) is 3.35. The number of hydrogen-bond acceptors (Lipinski definition) is 4. The van der Waals surface area contributed by atoms with E-state index in [1.54, 1.807) is 6.07 Å². The van der Waals surface area contributed by atoms with Crippen molar-refractivity contribution >= 4 is 11.6 Å². The maximum atomic E-state index is 12.0. The van der Waals surface area contributed by atoms with E-state index in [0.29, 0.717) is 23.7 Å². The van der Waals surface area contributed by atoms with Crippen molar-refractivity contribution in [2.75, 3.05) is 11.9 Å². The fourth-order valence-corrected chi connectivity index (χ4v) is 2.04. The lowest BCUT2D eigenvalue weighted by molar-refractivity contribution is 0.101. The molecule has 0 radical (unpaired) electrons. The molecule has 5 heteroatoms. The second-order valence-electron chi connectivity index (χ2n) is 5.01. The molecule has 1 fully saturated rings. The van der Waals surface area contributed by atoms with Crippen LogP contribution in [-0.4, -0.2) is 22.8 Å². The van der Waals surface area contributed by atoms with Gasteiger partial charge in [-0.05, 0) is 37.0 Å². The molecule has 3 rings (SSSR count). The van der Waals surface area contributed by atoms with Crippen LogP contribution in [0.15, 0.2) is 34.9 Å². The SMILES string of the molecule is O=C(Nc1ccc(CCO)cc1)c1cc(C2CC2)on1. The van der Waals surface area contributed by atoms with Crippen LogP contribution < -0.4 is 5.32 Å². The topological polar surface area (TPSA) is 75.4 Å². The molecule has 1 amide bonds. The van der Waals surface area contributed by atoms with Crippen LogP contribution >= 0.6 is 0 Å². The minimum atomic E-state index is -0.268. The summed E-state index contributed by atoms with van der Waals surface area (Å²) >= 11 is 0. The van der Waals surface area contributed by atoms with Gasteiger partial charge in [0.15, 0.2) is 5.69 Å². The van der Waals surface area contributed by atoms with Crippen LogP contribution in [0.1, 0.15) is 40.6 Å². The molecule has 0 aliphatic heterocycles. The number of aliphatic hydroxyl groups is 1. The van der Waals surface area contributed by atoms with Crippen LogP contribution in [0.25, 0.3) is 0 Å². The fraction of sp³-hybridized carbons (Fsp3) is 0.333. The average Bonchev–Trinajstić information content (AvgIpc) is 3.19. The van der Waals surface area contributed by atoms with Gasteiger partial charge in [0.2, 0.25) is 0 Å². The molecule has 1 aromatic carbocycles. The first-order chi connectivity index (χ1) is 9.76. The van der Waals surface area contributed by atoms with Gasteiger partial charge in [0, 0.05) is 24.3 Å². The van der Waals surface area contributed by atoms with Gasteiger partial charge in [0.1, 0.15) is 5.76 Å². The van der Waals surface area contributed by atoms with Crippen molar-refractivity contribution in [3.05, 3.63) is 47.3 Å². The summed E-state index contributed by atoms with van der Waals surface area (Å²) in [6.07, 6.45) is 2.84. The standard InChI is InChI=1S/C15H16N2O3/c18-8-7-10-1-5-12(6-2-10)16-15(19)13-9-14(20-17-13)11-3-4-11/h1-2,5-6,9,11,18H,3-4,7-8H2,(H,16,19). The second-order valence-corrected chi connectivity index (χ2v) is 5.01. The van der Waals surface area contributed by atoms with Gasteiger partial charge in [-0.25, -0.2) is 0 Å². The average molecular weight is 272 g/mol. The number of amides is 1. The Bertz CT molecular complexity index is 600. The van der Waals surface area contributed by atoms with Gasteiger partial charge in [-0.3, -0.25) is 4.79 Å². The van der Waals surface area contributed by atoms with Crippen LogP contribution in [0.3, 0.4) is 0 Å². The highest BCUT2D eigenvalue weighted by atomic mass is 16.5. The number of hydrogen-bond donors (Lipinski definition) is 2. The van der Waals surface area contributed by atoms with Crippen molar-refractivity contribution in [3.8, 4) is 0 Å². The lowest BCUT2D eigenvalue weighted by atomic mass is 10.1. The molecule has 1 aliphatic carbocycles. The Balaban J connectivity index is 1.64. The zero-order valence-electron chi connectivity index (χ0n) is 11.0. The number of rotatable bonds is 5. The number of carbonyl (C=O) groups is 1. The largest absolute Gasteiger partial charge is 0.396 e. The molecule has 20 heavy (non-hydrogen) atoms. The Kier molecular flexibility index (Phi) is 3.52. The van der Waals surface area contributed by atoms with E-state index in [1.807, 2.05) is 24.3 Å². The fourth-order valence-electron chi connectivity index (χ4n) is 2.04. The number of carbonyl (C=O) groups excluding carboxylic acids is 1. The molecule has 0 atom stereocenters. The molecule has 0 spiro atoms. The van der Waals surface area contributed by atoms with Crippen molar-refractivity contribution in [2.45, 2.75) is 25.2 Å². The Labute approximate surface area is 116 Å². The van der Waals surface area contributed by atoms with E-state index in [1.165, 1.54) is 0 Å². The molecule has 1 saturated carbocycles. The summed E-state index contributed by atoms with van der Waals surface area (Å²) in [5.74, 6) is 0.978. The highest BCUT2D eigenvalue weighted by Gasteiger charge is 2.28. The summed E-state index contributed by atoms with van der Waals surface area (Å²) in [4.78, 5) is 12.0. The van der Waals surface area contributed by atoms with Gasteiger partial charge in [0.05, 0.1) is 0 Å². The highest BCUT2D eigenvalue weighted by molar-refractivity contribution is 6.02. The smallest absolute Gasteiger partial charge is 0.277 e. The second kappa shape index (κ2) is 5.46. The monoisotopic (exact) mass is 272 g/mol. The first-order valence-electron chi connectivity index (χ1n) is 6.74. The van der Waals surface area contributed by atoms with E-state index >= 15 is 0 Å². The van der Waals surface area contributed by atoms with Crippen molar-refractivity contribution in [3.63, 3.8) is 0 Å². The van der Waals surface area contributed by atoms with Gasteiger partial charge in [-0.15, -0.1) is 0 Å². The van der Waals surface area contributed by atoms with E-state index in [9.17, 15) is 4.79 Å². The first kappa shape index (κ1) is 12.9. The van der Waals surface area contributed by atoms with E-state index in [2.05, 4.69) is 10.5 Å². The Morgan fingerprint density at radius 1 is 1.35 bits per heavy atom. The molecule has 2 N–H and O–H groups in total. The molecule has 5 nitrogen and oxygen atoms in total. The number of aliphatic hydroxyl groups excluding tert-OH is 1. The molecular weight excluding hydrogens is 256 g/mol. The van der Waals surface area contributed by atoms with Crippen molar-refractivity contribution in [2.24, 2.45) is 0 Å². The summed E-state index contributed by atoms with van der Waals surface area (Å²) in [5, 5.41) is 15.4. The zero-order valence-corrected chi connectivity index (χ0v) is 11.0. The van der Waals surface area contributed by atoms with Gasteiger partial charge in [-0.1, -0.05) is 17.3 Å². The summed E-state index contributed by atoms with van der Waals surface area (Å²) < 4.78 is 5.16. The van der Waals surface area contributed by atoms with Crippen molar-refractivity contribution < 1.29 is 14.4 Å². The van der Waals surface area contributed by atoms with Gasteiger partial charge in [-0.2, -0.15) is 0 Å². The quantitative estimate of drug-likeness (QED) is 0.876. The molecule has 0 unspecified atom stereocenters. The minimum Gasteiger partial charge on any atom is -0.396 e. The first-order valence-corrected chi connectivity index (χ1v) is 6.74. The molecule has 104 valence electrons. The number of nitrogens with one attached hydrogen (secondary N) is 1. The van der Waals surface area contributed by atoms with Crippen LogP contribution in [-0.2, 0) is 6.42 Å². The molecular formula is C15H16N2O3. The molecule has 1 aliphatic rings. The van der Waals surface area contributed by atoms with E-state index in [-0.39, 0.29) is 12.5 Å². The maximum absolute atomic E-state index is 12.0. The molecule has 1 aromatic heterocycles. The van der Waals surface area contributed by atoms with Crippen molar-refractivity contribution in [1.82, 2.24) is 5.16 Å². The van der Waals surface area contributed by atoms with Gasteiger partial charge >= 0.3 is 0 Å². The lowest BCUT2D eigenvalue weighted by Crippen LogP contribution is -2.12. The predicted octanol–water partition coefficient (Wildman–Crippen LogP) is 2.34. The lowest BCUT2D eigenvalue weighted by Gasteiger charge is -2.04. The number of anilines is 1. The summed E-state index contributed by atoms with van der Waals surface area (Å²) in [7, 11) is 0. The van der Waals surface area contributed by atoms with Crippen LogP contribution in [0.4, 0.5) is 5.69 Å². The highest BCUT2D eigenvalue weighted by Crippen LogP contribution is 2.40.